The minimum absolute atomic E-state index is 0.137. The molecule has 0 aromatic carbocycles. The number of hydrogen-bond acceptors (Lipinski definition) is 3. The lowest BCUT2D eigenvalue weighted by molar-refractivity contribution is -0.144. The lowest BCUT2D eigenvalue weighted by Crippen LogP contribution is -2.19. The van der Waals surface area contributed by atoms with Crippen molar-refractivity contribution in [1.29, 1.82) is 0 Å². The molecule has 1 aliphatic heterocycles. The highest BCUT2D eigenvalue weighted by Crippen LogP contribution is 2.27. The number of cyclic esters (lactones) is 1. The van der Waals surface area contributed by atoms with Gasteiger partial charge in [0.25, 0.3) is 0 Å². The van der Waals surface area contributed by atoms with Gasteiger partial charge in [-0.05, 0) is 17.9 Å². The van der Waals surface area contributed by atoms with Crippen molar-refractivity contribution in [2.45, 2.75) is 32.8 Å². The minimum Gasteiger partial charge on any atom is -0.481 e. The fourth-order valence-corrected chi connectivity index (χ4v) is 1.48. The summed E-state index contributed by atoms with van der Waals surface area (Å²) in [6.07, 6.45) is 1.59. The highest BCUT2D eigenvalue weighted by atomic mass is 16.5. The van der Waals surface area contributed by atoms with Gasteiger partial charge in [-0.25, -0.2) is 4.79 Å². The molecule has 14 heavy (non-hydrogen) atoms. The molecular weight excluding hydrogens is 184 g/mol. The lowest BCUT2D eigenvalue weighted by atomic mass is 9.93. The Morgan fingerprint density at radius 3 is 2.86 bits per heavy atom. The van der Waals surface area contributed by atoms with E-state index in [0.717, 1.165) is 12.0 Å². The highest BCUT2D eigenvalue weighted by Gasteiger charge is 2.30. The molecule has 2 atom stereocenters. The first-order chi connectivity index (χ1) is 6.54. The van der Waals surface area contributed by atoms with E-state index in [1.165, 1.54) is 6.08 Å². The molecule has 0 bridgehead atoms. The number of ether oxygens (including phenoxy) is 1. The quantitative estimate of drug-likeness (QED) is 0.693. The van der Waals surface area contributed by atoms with Crippen molar-refractivity contribution in [3.05, 3.63) is 11.6 Å². The van der Waals surface area contributed by atoms with Gasteiger partial charge in [0.1, 0.15) is 6.10 Å². The lowest BCUT2D eigenvalue weighted by Gasteiger charge is -2.16. The molecule has 0 spiro atoms. The van der Waals surface area contributed by atoms with Crippen LogP contribution in [0, 0.1) is 5.92 Å². The Morgan fingerprint density at radius 1 is 1.71 bits per heavy atom. The van der Waals surface area contributed by atoms with Gasteiger partial charge in [-0.2, -0.15) is 0 Å². The van der Waals surface area contributed by atoms with Crippen LogP contribution in [0.4, 0.5) is 0 Å². The first-order valence-corrected chi connectivity index (χ1v) is 4.68. The fourth-order valence-electron chi connectivity index (χ4n) is 1.48. The van der Waals surface area contributed by atoms with Crippen LogP contribution in [0.1, 0.15) is 26.7 Å². The zero-order valence-corrected chi connectivity index (χ0v) is 8.32. The SMILES string of the molecule is CCC(C)C1=CC(=O)OC1CC(=O)O. The number of rotatable bonds is 4. The van der Waals surface area contributed by atoms with E-state index in [-0.39, 0.29) is 12.3 Å². The highest BCUT2D eigenvalue weighted by molar-refractivity contribution is 5.86. The molecule has 0 radical (unpaired) electrons. The Hall–Kier alpha value is -1.32. The van der Waals surface area contributed by atoms with Crippen LogP contribution in [0.3, 0.4) is 0 Å². The summed E-state index contributed by atoms with van der Waals surface area (Å²) in [4.78, 5) is 21.5. The maximum absolute atomic E-state index is 11.0. The second kappa shape index (κ2) is 4.26. The second-order valence-electron chi connectivity index (χ2n) is 3.48. The number of carbonyl (C=O) groups excluding carboxylic acids is 1. The standard InChI is InChI=1S/C10H14O4/c1-3-6(2)7-4-10(13)14-8(7)5-9(11)12/h4,6,8H,3,5H2,1-2H3,(H,11,12). The molecule has 78 valence electrons. The predicted molar refractivity (Wildman–Crippen MR) is 49.7 cm³/mol. The maximum atomic E-state index is 11.0. The molecule has 0 fully saturated rings. The molecule has 1 N–H and O–H groups in total. The van der Waals surface area contributed by atoms with E-state index in [2.05, 4.69) is 0 Å². The van der Waals surface area contributed by atoms with Crippen LogP contribution in [-0.4, -0.2) is 23.1 Å². The van der Waals surface area contributed by atoms with Crippen molar-refractivity contribution in [3.8, 4) is 0 Å². The molecule has 0 saturated heterocycles. The van der Waals surface area contributed by atoms with Crippen molar-refractivity contribution in [3.63, 3.8) is 0 Å². The van der Waals surface area contributed by atoms with Crippen LogP contribution in [0.2, 0.25) is 0 Å². The second-order valence-corrected chi connectivity index (χ2v) is 3.48. The van der Waals surface area contributed by atoms with Crippen LogP contribution in [0.5, 0.6) is 0 Å². The van der Waals surface area contributed by atoms with Gasteiger partial charge in [-0.1, -0.05) is 13.8 Å². The van der Waals surface area contributed by atoms with E-state index >= 15 is 0 Å². The number of hydrogen-bond donors (Lipinski definition) is 1. The average Bonchev–Trinajstić information content (AvgIpc) is 2.44. The maximum Gasteiger partial charge on any atom is 0.331 e. The third-order valence-corrected chi connectivity index (χ3v) is 2.46. The third kappa shape index (κ3) is 2.34. The molecule has 2 unspecified atom stereocenters. The summed E-state index contributed by atoms with van der Waals surface area (Å²) in [5.74, 6) is -1.17. The topological polar surface area (TPSA) is 63.6 Å². The van der Waals surface area contributed by atoms with Gasteiger partial charge >= 0.3 is 11.9 Å². The van der Waals surface area contributed by atoms with E-state index in [1.807, 2.05) is 13.8 Å². The van der Waals surface area contributed by atoms with E-state index in [1.54, 1.807) is 0 Å². The number of carboxylic acid groups (broad SMARTS) is 1. The molecule has 4 heteroatoms. The number of carboxylic acids is 1. The van der Waals surface area contributed by atoms with Crippen molar-refractivity contribution >= 4 is 11.9 Å². The van der Waals surface area contributed by atoms with Crippen molar-refractivity contribution < 1.29 is 19.4 Å². The number of esters is 1. The normalized spacial score (nSPS) is 22.9. The summed E-state index contributed by atoms with van der Waals surface area (Å²) in [7, 11) is 0. The van der Waals surface area contributed by atoms with Gasteiger partial charge in [0, 0.05) is 6.08 Å². The van der Waals surface area contributed by atoms with E-state index in [4.69, 9.17) is 9.84 Å². The summed E-state index contributed by atoms with van der Waals surface area (Å²) >= 11 is 0. The zero-order chi connectivity index (χ0) is 10.7. The van der Waals surface area contributed by atoms with Crippen LogP contribution in [0.25, 0.3) is 0 Å². The number of carbonyl (C=O) groups is 2. The molecular formula is C10H14O4. The summed E-state index contributed by atoms with van der Waals surface area (Å²) in [6.45, 7) is 3.95. The van der Waals surface area contributed by atoms with Gasteiger partial charge in [0.15, 0.2) is 0 Å². The van der Waals surface area contributed by atoms with Crippen molar-refractivity contribution in [2.24, 2.45) is 5.92 Å². The van der Waals surface area contributed by atoms with Crippen molar-refractivity contribution in [2.75, 3.05) is 0 Å². The summed E-state index contributed by atoms with van der Waals surface area (Å²) in [6, 6.07) is 0. The molecule has 0 aromatic heterocycles. The third-order valence-electron chi connectivity index (χ3n) is 2.46. The molecule has 1 rings (SSSR count). The molecule has 0 aromatic rings. The first-order valence-electron chi connectivity index (χ1n) is 4.68. The molecule has 0 aliphatic carbocycles. The summed E-state index contributed by atoms with van der Waals surface area (Å²) in [5, 5.41) is 8.61. The Labute approximate surface area is 82.6 Å². The molecule has 0 saturated carbocycles. The van der Waals surface area contributed by atoms with Gasteiger partial charge in [0.2, 0.25) is 0 Å². The largest absolute Gasteiger partial charge is 0.481 e. The number of aliphatic carboxylic acids is 1. The van der Waals surface area contributed by atoms with Crippen molar-refractivity contribution in [1.82, 2.24) is 0 Å². The van der Waals surface area contributed by atoms with E-state index in [9.17, 15) is 9.59 Å². The zero-order valence-electron chi connectivity index (χ0n) is 8.32. The smallest absolute Gasteiger partial charge is 0.331 e. The van der Waals surface area contributed by atoms with E-state index < -0.39 is 18.0 Å². The van der Waals surface area contributed by atoms with Crippen LogP contribution in [0.15, 0.2) is 11.6 Å². The Morgan fingerprint density at radius 2 is 2.36 bits per heavy atom. The summed E-state index contributed by atoms with van der Waals surface area (Å²) < 4.78 is 4.90. The van der Waals surface area contributed by atoms with Gasteiger partial charge in [0.05, 0.1) is 6.42 Å². The predicted octanol–water partition coefficient (Wildman–Crippen LogP) is 1.36. The van der Waals surface area contributed by atoms with E-state index in [0.29, 0.717) is 0 Å². The van der Waals surface area contributed by atoms with Crippen LogP contribution in [-0.2, 0) is 14.3 Å². The van der Waals surface area contributed by atoms with Gasteiger partial charge < -0.3 is 9.84 Å². The molecule has 4 nitrogen and oxygen atoms in total. The first kappa shape index (κ1) is 10.8. The molecule has 1 heterocycles. The van der Waals surface area contributed by atoms with Gasteiger partial charge in [-0.15, -0.1) is 0 Å². The van der Waals surface area contributed by atoms with Gasteiger partial charge in [-0.3, -0.25) is 4.79 Å². The molecule has 0 amide bonds. The van der Waals surface area contributed by atoms with Crippen LogP contribution < -0.4 is 0 Å². The molecule has 1 aliphatic rings. The Bertz CT molecular complexity index is 280. The van der Waals surface area contributed by atoms with Crippen LogP contribution >= 0.6 is 0 Å². The Balaban J connectivity index is 2.73. The Kier molecular flexibility index (Phi) is 3.28. The monoisotopic (exact) mass is 198 g/mol. The fraction of sp³-hybridized carbons (Fsp3) is 0.600. The average molecular weight is 198 g/mol. The summed E-state index contributed by atoms with van der Waals surface area (Å²) in [5.41, 5.74) is 0.805. The minimum atomic E-state index is -0.945.